The number of ether oxygens (including phenoxy) is 1. The molecule has 11 nitrogen and oxygen atoms in total. The van der Waals surface area contributed by atoms with Crippen molar-refractivity contribution in [2.75, 3.05) is 53.0 Å². The number of morpholine rings is 1. The first-order valence-corrected chi connectivity index (χ1v) is 22.4. The van der Waals surface area contributed by atoms with Crippen LogP contribution in [-0.4, -0.2) is 104 Å². The lowest BCUT2D eigenvalue weighted by Crippen LogP contribution is -2.54. The predicted octanol–water partition coefficient (Wildman–Crippen LogP) is 5.02. The van der Waals surface area contributed by atoms with E-state index in [2.05, 4.69) is 91.9 Å². The summed E-state index contributed by atoms with van der Waals surface area (Å²) < 4.78 is 5.43. The molecule has 0 spiro atoms. The molecule has 6 N–H and O–H groups in total. The second kappa shape index (κ2) is 23.8. The largest absolute Gasteiger partial charge is 0.390 e. The molecule has 1 aliphatic heterocycles. The first kappa shape index (κ1) is 45.5. The van der Waals surface area contributed by atoms with Crippen LogP contribution in [0.2, 0.25) is 0 Å². The van der Waals surface area contributed by atoms with Crippen molar-refractivity contribution >= 4 is 56.6 Å². The van der Waals surface area contributed by atoms with E-state index in [4.69, 9.17) is 17.0 Å². The molecule has 3 unspecified atom stereocenters. The average molecular weight is 847 g/mol. The molecule has 1 saturated carbocycles. The van der Waals surface area contributed by atoms with Crippen LogP contribution in [0.3, 0.4) is 0 Å². The normalized spacial score (nSPS) is 16.2. The molecule has 1 heterocycles. The highest BCUT2D eigenvalue weighted by molar-refractivity contribution is 7.80. The van der Waals surface area contributed by atoms with Gasteiger partial charge < -0.3 is 36.4 Å². The van der Waals surface area contributed by atoms with Crippen LogP contribution in [0.1, 0.15) is 62.5 Å². The molecule has 4 aromatic carbocycles. The minimum atomic E-state index is -1.12. The molecule has 1 saturated heterocycles. The molecule has 0 radical (unpaired) electrons. The van der Waals surface area contributed by atoms with Crippen LogP contribution in [0.5, 0.6) is 0 Å². The van der Waals surface area contributed by atoms with Crippen LogP contribution in [-0.2, 0) is 32.0 Å². The number of hydrogen-bond acceptors (Lipinski definition) is 7. The van der Waals surface area contributed by atoms with Gasteiger partial charge in [0.05, 0.1) is 38.3 Å². The van der Waals surface area contributed by atoms with E-state index in [0.717, 1.165) is 71.4 Å². The van der Waals surface area contributed by atoms with Crippen molar-refractivity contribution in [1.82, 2.24) is 31.5 Å². The van der Waals surface area contributed by atoms with Gasteiger partial charge >= 0.3 is 0 Å². The van der Waals surface area contributed by atoms with E-state index in [1.165, 1.54) is 6.42 Å². The summed E-state index contributed by atoms with van der Waals surface area (Å²) in [7, 11) is 1.72. The highest BCUT2D eigenvalue weighted by Crippen LogP contribution is 2.29. The Hall–Kier alpha value is -5.06. The van der Waals surface area contributed by atoms with Gasteiger partial charge in [0, 0.05) is 45.6 Å². The molecule has 61 heavy (non-hydrogen) atoms. The molecule has 324 valence electrons. The highest BCUT2D eigenvalue weighted by atomic mass is 32.1. The third-order valence-electron chi connectivity index (χ3n) is 12.0. The van der Waals surface area contributed by atoms with Crippen LogP contribution in [0.4, 0.5) is 0 Å². The van der Waals surface area contributed by atoms with Crippen LogP contribution < -0.4 is 26.6 Å². The van der Waals surface area contributed by atoms with Gasteiger partial charge in [0.25, 0.3) is 0 Å². The van der Waals surface area contributed by atoms with Gasteiger partial charge in [-0.1, -0.05) is 129 Å². The number of fused-ring (bicyclic) bond motifs is 2. The number of aliphatic hydroxyl groups excluding tert-OH is 1. The Balaban J connectivity index is 1.23. The lowest BCUT2D eigenvalue weighted by molar-refractivity contribution is -0.132. The molecule has 1 aliphatic carbocycles. The maximum absolute atomic E-state index is 14.8. The number of thiocarbonyl (C=S) groups is 1. The number of nitrogens with zero attached hydrogens (tertiary/aromatic N) is 1. The molecule has 2 fully saturated rings. The maximum atomic E-state index is 14.8. The molecular formula is C49H62N6O5S. The zero-order valence-electron chi connectivity index (χ0n) is 35.4. The second-order valence-corrected chi connectivity index (χ2v) is 16.8. The fourth-order valence-corrected chi connectivity index (χ4v) is 8.71. The zero-order chi connectivity index (χ0) is 42.8. The van der Waals surface area contributed by atoms with Crippen LogP contribution in [0.15, 0.2) is 84.9 Å². The van der Waals surface area contributed by atoms with E-state index >= 15 is 0 Å². The Morgan fingerprint density at radius 1 is 0.803 bits per heavy atom. The highest BCUT2D eigenvalue weighted by Gasteiger charge is 2.32. The number of aliphatic hydroxyl groups is 1. The van der Waals surface area contributed by atoms with Gasteiger partial charge in [-0.05, 0) is 70.1 Å². The fraction of sp³-hybridized carbons (Fsp3) is 0.469. The van der Waals surface area contributed by atoms with Gasteiger partial charge in [-0.25, -0.2) is 0 Å². The van der Waals surface area contributed by atoms with Crippen molar-refractivity contribution in [3.05, 3.63) is 96.1 Å². The summed E-state index contributed by atoms with van der Waals surface area (Å²) in [6.45, 7) is 4.43. The lowest BCUT2D eigenvalue weighted by Gasteiger charge is -2.31. The van der Waals surface area contributed by atoms with E-state index in [1.807, 2.05) is 36.4 Å². The topological polar surface area (TPSA) is 144 Å². The van der Waals surface area contributed by atoms with Crippen molar-refractivity contribution in [3.8, 4) is 11.8 Å². The van der Waals surface area contributed by atoms with Crippen LogP contribution in [0.25, 0.3) is 21.5 Å². The number of benzene rings is 4. The summed E-state index contributed by atoms with van der Waals surface area (Å²) >= 11 is 5.20. The Morgan fingerprint density at radius 3 is 2.07 bits per heavy atom. The Kier molecular flexibility index (Phi) is 17.7. The van der Waals surface area contributed by atoms with Gasteiger partial charge in [0.15, 0.2) is 5.11 Å². The van der Waals surface area contributed by atoms with Gasteiger partial charge in [0.1, 0.15) is 6.04 Å². The van der Waals surface area contributed by atoms with Gasteiger partial charge in [0.2, 0.25) is 17.7 Å². The predicted molar refractivity (Wildman–Crippen MR) is 247 cm³/mol. The lowest BCUT2D eigenvalue weighted by atomic mass is 9.83. The molecule has 3 atom stereocenters. The molecule has 6 rings (SSSR count). The number of amides is 3. The molecule has 2 aliphatic rings. The summed E-state index contributed by atoms with van der Waals surface area (Å²) in [5.74, 6) is 4.93. The Morgan fingerprint density at radius 2 is 1.43 bits per heavy atom. The number of rotatable bonds is 18. The van der Waals surface area contributed by atoms with Crippen molar-refractivity contribution < 1.29 is 24.2 Å². The molecular weight excluding hydrogens is 785 g/mol. The van der Waals surface area contributed by atoms with E-state index in [9.17, 15) is 19.5 Å². The third-order valence-corrected chi connectivity index (χ3v) is 12.4. The number of carbonyl (C=O) groups is 3. The smallest absolute Gasteiger partial charge is 0.243 e. The molecule has 3 amide bonds. The fourth-order valence-electron chi connectivity index (χ4n) is 8.64. The van der Waals surface area contributed by atoms with Crippen molar-refractivity contribution in [2.45, 2.75) is 82.4 Å². The number of hydrogen-bond donors (Lipinski definition) is 6. The maximum Gasteiger partial charge on any atom is 0.243 e. The Labute approximate surface area is 366 Å². The summed E-state index contributed by atoms with van der Waals surface area (Å²) in [5.41, 5.74) is 2.09. The quantitative estimate of drug-likeness (QED) is 0.0602. The number of nitrogens with one attached hydrogen (secondary N) is 5. The zero-order valence-corrected chi connectivity index (χ0v) is 36.2. The van der Waals surface area contributed by atoms with Crippen molar-refractivity contribution in [3.63, 3.8) is 0 Å². The SMILES string of the molecule is CNC(=S)NCC#CCC(NC(=O)C(Cc1cccc2ccccc12)Cc1cccc2ccccc12)C(=O)NC(CC1CCCCC1)C(O)CC(=O)NCCN1CCOCC1. The molecule has 0 bridgehead atoms. The summed E-state index contributed by atoms with van der Waals surface area (Å²) in [5, 5.41) is 31.5. The first-order valence-electron chi connectivity index (χ1n) is 22.0. The second-order valence-electron chi connectivity index (χ2n) is 16.4. The minimum absolute atomic E-state index is 0.0368. The first-order chi connectivity index (χ1) is 29.8. The summed E-state index contributed by atoms with van der Waals surface area (Å²) in [6, 6.07) is 27.0. The molecule has 12 heteroatoms. The van der Waals surface area contributed by atoms with Gasteiger partial charge in [-0.3, -0.25) is 19.3 Å². The number of carbonyl (C=O) groups excluding carboxylic acids is 3. The third kappa shape index (κ3) is 14.0. The monoisotopic (exact) mass is 846 g/mol. The average Bonchev–Trinajstić information content (AvgIpc) is 3.28. The summed E-state index contributed by atoms with van der Waals surface area (Å²) in [4.78, 5) is 44.7. The Bertz CT molecular complexity index is 2050. The van der Waals surface area contributed by atoms with E-state index < -0.39 is 30.0 Å². The molecule has 4 aromatic rings. The molecule has 0 aromatic heterocycles. The van der Waals surface area contributed by atoms with Crippen LogP contribution >= 0.6 is 12.2 Å². The van der Waals surface area contributed by atoms with E-state index in [0.29, 0.717) is 56.6 Å². The van der Waals surface area contributed by atoms with E-state index in [1.54, 1.807) is 7.05 Å². The van der Waals surface area contributed by atoms with Gasteiger partial charge in [-0.15, -0.1) is 0 Å². The summed E-state index contributed by atoms with van der Waals surface area (Å²) in [6.07, 6.45) is 5.57. The standard InChI is InChI=1S/C49H62N6O5S/c1-50-49(61)52-24-10-9-23-43(48(59)54-44(31-35-13-3-2-4-14-35)45(56)34-46(57)51-25-26-55-27-29-60-30-28-55)53-47(58)40(32-38-19-11-17-36-15-5-7-21-41(36)38)33-39-20-12-18-37-16-6-8-22-42(37)39/h5-8,11-12,15-22,35,40,43-45,56H,2-4,13-14,23-34H2,1H3,(H,51,57)(H,53,58)(H,54,59)(H2,50,52,61). The van der Waals surface area contributed by atoms with Gasteiger partial charge in [-0.2, -0.15) is 0 Å². The van der Waals surface area contributed by atoms with Crippen molar-refractivity contribution in [2.24, 2.45) is 11.8 Å². The minimum Gasteiger partial charge on any atom is -0.390 e. The van der Waals surface area contributed by atoms with Crippen molar-refractivity contribution in [1.29, 1.82) is 0 Å². The van der Waals surface area contributed by atoms with E-state index in [-0.39, 0.29) is 31.2 Å². The van der Waals surface area contributed by atoms with Crippen LogP contribution in [0, 0.1) is 23.7 Å².